The first-order chi connectivity index (χ1) is 10.4. The van der Waals surface area contributed by atoms with Gasteiger partial charge in [-0.3, -0.25) is 4.79 Å². The Morgan fingerprint density at radius 1 is 1.18 bits per heavy atom. The van der Waals surface area contributed by atoms with E-state index in [9.17, 15) is 4.79 Å². The van der Waals surface area contributed by atoms with Gasteiger partial charge in [0.05, 0.1) is 0 Å². The van der Waals surface area contributed by atoms with Gasteiger partial charge in [-0.25, -0.2) is 0 Å². The average molecular weight is 302 g/mol. The molecule has 2 aliphatic rings. The Hall–Kier alpha value is -1.55. The largest absolute Gasteiger partial charge is 0.484 e. The van der Waals surface area contributed by atoms with Crippen molar-refractivity contribution in [2.24, 2.45) is 11.8 Å². The van der Waals surface area contributed by atoms with E-state index in [4.69, 9.17) is 4.74 Å². The number of amides is 1. The molecular formula is C18H26N2O2. The second-order valence-corrected chi connectivity index (χ2v) is 7.54. The number of fused-ring (bicyclic) bond motifs is 1. The molecule has 0 radical (unpaired) electrons. The molecule has 1 aromatic rings. The minimum Gasteiger partial charge on any atom is -0.484 e. The van der Waals surface area contributed by atoms with Crippen LogP contribution in [-0.2, 0) is 10.2 Å². The van der Waals surface area contributed by atoms with Crippen molar-refractivity contribution >= 4 is 5.91 Å². The maximum Gasteiger partial charge on any atom is 0.260 e. The van der Waals surface area contributed by atoms with Gasteiger partial charge in [0.15, 0.2) is 6.61 Å². The molecule has 4 nitrogen and oxygen atoms in total. The summed E-state index contributed by atoms with van der Waals surface area (Å²) in [6.45, 7) is 10.5. The highest BCUT2D eigenvalue weighted by molar-refractivity contribution is 5.78. The molecule has 0 unspecified atom stereocenters. The molecule has 1 amide bonds. The lowest BCUT2D eigenvalue weighted by Gasteiger charge is -2.20. The van der Waals surface area contributed by atoms with E-state index in [2.05, 4.69) is 38.2 Å². The fourth-order valence-electron chi connectivity index (χ4n) is 3.35. The number of hydrogen-bond acceptors (Lipinski definition) is 3. The van der Waals surface area contributed by atoms with Crippen LogP contribution in [-0.4, -0.2) is 43.6 Å². The fraction of sp³-hybridized carbons (Fsp3) is 0.611. The highest BCUT2D eigenvalue weighted by atomic mass is 16.5. The smallest absolute Gasteiger partial charge is 0.260 e. The first kappa shape index (κ1) is 15.3. The van der Waals surface area contributed by atoms with Crippen molar-refractivity contribution in [2.75, 3.05) is 32.8 Å². The number of rotatable bonds is 3. The zero-order valence-electron chi connectivity index (χ0n) is 13.8. The van der Waals surface area contributed by atoms with Gasteiger partial charge in [-0.2, -0.15) is 0 Å². The van der Waals surface area contributed by atoms with Gasteiger partial charge in [-0.05, 0) is 34.9 Å². The average Bonchev–Trinajstić information content (AvgIpc) is 3.05. The highest BCUT2D eigenvalue weighted by Gasteiger charge is 2.37. The molecule has 2 fully saturated rings. The minimum atomic E-state index is 0.106. The van der Waals surface area contributed by atoms with Gasteiger partial charge in [0.1, 0.15) is 5.75 Å². The first-order valence-corrected chi connectivity index (χ1v) is 8.15. The Balaban J connectivity index is 1.51. The molecule has 0 aromatic heterocycles. The maximum absolute atomic E-state index is 12.3. The van der Waals surface area contributed by atoms with Crippen LogP contribution in [0.1, 0.15) is 26.3 Å². The van der Waals surface area contributed by atoms with Gasteiger partial charge in [-0.15, -0.1) is 0 Å². The van der Waals surface area contributed by atoms with Gasteiger partial charge in [-0.1, -0.05) is 32.9 Å². The number of benzene rings is 1. The van der Waals surface area contributed by atoms with Gasteiger partial charge in [0, 0.05) is 26.2 Å². The summed E-state index contributed by atoms with van der Waals surface area (Å²) in [5.41, 5.74) is 1.40. The summed E-state index contributed by atoms with van der Waals surface area (Å²) in [7, 11) is 0. The molecule has 0 aliphatic carbocycles. The van der Waals surface area contributed by atoms with Crippen molar-refractivity contribution in [1.29, 1.82) is 0 Å². The number of likely N-dealkylation sites (tertiary alicyclic amines) is 1. The van der Waals surface area contributed by atoms with Crippen molar-refractivity contribution in [3.63, 3.8) is 0 Å². The summed E-state index contributed by atoms with van der Waals surface area (Å²) in [6.07, 6.45) is 0. The zero-order chi connectivity index (χ0) is 15.7. The van der Waals surface area contributed by atoms with Crippen LogP contribution in [0.5, 0.6) is 5.75 Å². The van der Waals surface area contributed by atoms with Crippen LogP contribution < -0.4 is 10.1 Å². The predicted octanol–water partition coefficient (Wildman–Crippen LogP) is 2.04. The molecule has 22 heavy (non-hydrogen) atoms. The molecule has 0 bridgehead atoms. The second kappa shape index (κ2) is 5.92. The molecule has 0 saturated carbocycles. The molecule has 0 spiro atoms. The van der Waals surface area contributed by atoms with E-state index < -0.39 is 0 Å². The number of carbonyl (C=O) groups excluding carboxylic acids is 1. The van der Waals surface area contributed by atoms with Crippen molar-refractivity contribution in [3.8, 4) is 5.75 Å². The fourth-order valence-corrected chi connectivity index (χ4v) is 3.35. The van der Waals surface area contributed by atoms with Crippen LogP contribution in [0.4, 0.5) is 0 Å². The van der Waals surface area contributed by atoms with E-state index in [1.54, 1.807) is 0 Å². The predicted molar refractivity (Wildman–Crippen MR) is 87.1 cm³/mol. The molecule has 2 atom stereocenters. The molecule has 4 heteroatoms. The molecule has 3 rings (SSSR count). The third kappa shape index (κ3) is 3.27. The van der Waals surface area contributed by atoms with Crippen LogP contribution in [0.2, 0.25) is 0 Å². The Morgan fingerprint density at radius 3 is 2.32 bits per heavy atom. The van der Waals surface area contributed by atoms with E-state index in [0.29, 0.717) is 11.8 Å². The molecule has 1 aromatic carbocycles. The van der Waals surface area contributed by atoms with Gasteiger partial charge in [0.25, 0.3) is 5.91 Å². The molecule has 120 valence electrons. The van der Waals surface area contributed by atoms with Crippen molar-refractivity contribution in [3.05, 3.63) is 29.8 Å². The second-order valence-electron chi connectivity index (χ2n) is 7.54. The minimum absolute atomic E-state index is 0.106. The van der Waals surface area contributed by atoms with Crippen molar-refractivity contribution in [2.45, 2.75) is 26.2 Å². The Kier molecular flexibility index (Phi) is 4.13. The van der Waals surface area contributed by atoms with E-state index in [-0.39, 0.29) is 17.9 Å². The normalized spacial score (nSPS) is 24.4. The monoisotopic (exact) mass is 302 g/mol. The van der Waals surface area contributed by atoms with Crippen molar-refractivity contribution < 1.29 is 9.53 Å². The summed E-state index contributed by atoms with van der Waals surface area (Å²) in [5, 5.41) is 3.39. The molecular weight excluding hydrogens is 276 g/mol. The molecule has 2 heterocycles. The number of carbonyl (C=O) groups is 1. The molecule has 2 saturated heterocycles. The Morgan fingerprint density at radius 2 is 1.77 bits per heavy atom. The van der Waals surface area contributed by atoms with E-state index in [1.165, 1.54) is 5.56 Å². The lowest BCUT2D eigenvalue weighted by atomic mass is 9.87. The van der Waals surface area contributed by atoms with Crippen molar-refractivity contribution in [1.82, 2.24) is 10.2 Å². The lowest BCUT2D eigenvalue weighted by Crippen LogP contribution is -2.35. The van der Waals surface area contributed by atoms with Crippen LogP contribution in [0.25, 0.3) is 0 Å². The summed E-state index contributed by atoms with van der Waals surface area (Å²) in [4.78, 5) is 14.2. The SMILES string of the molecule is CC(C)(C)c1ccc(OCC(=O)N2C[C@H]3CNC[C@H]3C2)cc1. The van der Waals surface area contributed by atoms with E-state index in [0.717, 1.165) is 31.9 Å². The summed E-state index contributed by atoms with van der Waals surface area (Å²) < 4.78 is 5.66. The zero-order valence-corrected chi connectivity index (χ0v) is 13.8. The van der Waals surface area contributed by atoms with Crippen LogP contribution in [0.15, 0.2) is 24.3 Å². The number of hydrogen-bond donors (Lipinski definition) is 1. The lowest BCUT2D eigenvalue weighted by molar-refractivity contribution is -0.132. The number of nitrogens with zero attached hydrogens (tertiary/aromatic N) is 1. The Labute approximate surface area is 132 Å². The van der Waals surface area contributed by atoms with E-state index in [1.807, 2.05) is 17.0 Å². The van der Waals surface area contributed by atoms with Crippen LogP contribution in [0.3, 0.4) is 0 Å². The quantitative estimate of drug-likeness (QED) is 0.929. The van der Waals surface area contributed by atoms with Crippen LogP contribution in [0, 0.1) is 11.8 Å². The van der Waals surface area contributed by atoms with Gasteiger partial charge in [0.2, 0.25) is 0 Å². The summed E-state index contributed by atoms with van der Waals surface area (Å²) in [5.74, 6) is 2.14. The number of nitrogens with one attached hydrogen (secondary N) is 1. The highest BCUT2D eigenvalue weighted by Crippen LogP contribution is 2.27. The molecule has 1 N–H and O–H groups in total. The van der Waals surface area contributed by atoms with Gasteiger partial charge < -0.3 is 15.0 Å². The summed E-state index contributed by atoms with van der Waals surface area (Å²) >= 11 is 0. The Bertz CT molecular complexity index is 521. The van der Waals surface area contributed by atoms with Gasteiger partial charge >= 0.3 is 0 Å². The first-order valence-electron chi connectivity index (χ1n) is 8.15. The maximum atomic E-state index is 12.3. The summed E-state index contributed by atoms with van der Waals surface area (Å²) in [6, 6.07) is 8.06. The third-order valence-electron chi connectivity index (χ3n) is 4.82. The third-order valence-corrected chi connectivity index (χ3v) is 4.82. The topological polar surface area (TPSA) is 41.6 Å². The van der Waals surface area contributed by atoms with E-state index >= 15 is 0 Å². The molecule has 2 aliphatic heterocycles. The number of ether oxygens (including phenoxy) is 1. The van der Waals surface area contributed by atoms with Crippen LogP contribution >= 0.6 is 0 Å². The standard InChI is InChI=1S/C18H26N2O2/c1-18(2,3)15-4-6-16(7-5-15)22-12-17(21)20-10-13-8-19-9-14(13)11-20/h4-7,13-14,19H,8-12H2,1-3H3/t13-,14+.